The number of hydrogen-bond donors (Lipinski definition) is 1. The van der Waals surface area contributed by atoms with Gasteiger partial charge in [-0.25, -0.2) is 22.2 Å². The van der Waals surface area contributed by atoms with E-state index in [1.165, 1.54) is 6.07 Å². The average Bonchev–Trinajstić information content (AvgIpc) is 2.33. The zero-order chi connectivity index (χ0) is 14.9. The first kappa shape index (κ1) is 15.1. The minimum absolute atomic E-state index is 0.0175. The summed E-state index contributed by atoms with van der Waals surface area (Å²) in [6.45, 7) is 0. The number of benzene rings is 1. The molecule has 0 atom stereocenters. The van der Waals surface area contributed by atoms with Gasteiger partial charge in [0, 0.05) is 0 Å². The highest BCUT2D eigenvalue weighted by Gasteiger charge is 2.24. The third-order valence-electron chi connectivity index (χ3n) is 2.24. The molecular weight excluding hydrogens is 378 g/mol. The van der Waals surface area contributed by atoms with Crippen LogP contribution in [0, 0.1) is 11.6 Å². The lowest BCUT2D eigenvalue weighted by Crippen LogP contribution is -2.16. The van der Waals surface area contributed by atoms with Crippen molar-refractivity contribution in [2.24, 2.45) is 0 Å². The van der Waals surface area contributed by atoms with Crippen molar-refractivity contribution in [3.8, 4) is 0 Å². The Hall–Kier alpha value is -1.25. The van der Waals surface area contributed by atoms with Crippen LogP contribution in [0.25, 0.3) is 0 Å². The Morgan fingerprint density at radius 3 is 2.40 bits per heavy atom. The van der Waals surface area contributed by atoms with E-state index in [-0.39, 0.29) is 10.8 Å². The minimum Gasteiger partial charge on any atom is -0.278 e. The van der Waals surface area contributed by atoms with Crippen LogP contribution in [0.15, 0.2) is 39.8 Å². The Balaban J connectivity index is 2.43. The van der Waals surface area contributed by atoms with Crippen molar-refractivity contribution in [3.63, 3.8) is 0 Å². The van der Waals surface area contributed by atoms with Crippen LogP contribution in [0.4, 0.5) is 14.5 Å². The molecule has 0 amide bonds. The fraction of sp³-hybridized carbons (Fsp3) is 0. The molecule has 0 aliphatic heterocycles. The summed E-state index contributed by atoms with van der Waals surface area (Å²) in [4.78, 5) is 2.66. The maximum atomic E-state index is 13.5. The van der Waals surface area contributed by atoms with Crippen LogP contribution in [-0.2, 0) is 10.0 Å². The van der Waals surface area contributed by atoms with Gasteiger partial charge in [-0.2, -0.15) is 0 Å². The SMILES string of the molecule is O=S(=O)(Nc1cnc(Cl)c(Br)c1)c1c(F)cccc1F. The van der Waals surface area contributed by atoms with Crippen molar-refractivity contribution < 1.29 is 17.2 Å². The molecule has 106 valence electrons. The lowest BCUT2D eigenvalue weighted by Gasteiger charge is -2.09. The number of anilines is 1. The van der Waals surface area contributed by atoms with Gasteiger partial charge in [-0.1, -0.05) is 17.7 Å². The zero-order valence-corrected chi connectivity index (χ0v) is 12.7. The summed E-state index contributed by atoms with van der Waals surface area (Å²) in [5.41, 5.74) is 0.0175. The fourth-order valence-corrected chi connectivity index (χ4v) is 3.05. The van der Waals surface area contributed by atoms with Gasteiger partial charge in [0.1, 0.15) is 16.8 Å². The molecule has 0 aliphatic rings. The third-order valence-corrected chi connectivity index (χ3v) is 4.80. The summed E-state index contributed by atoms with van der Waals surface area (Å²) in [7, 11) is -4.41. The highest BCUT2D eigenvalue weighted by atomic mass is 79.9. The van der Waals surface area contributed by atoms with Gasteiger partial charge in [0.25, 0.3) is 10.0 Å². The molecule has 9 heteroatoms. The highest BCUT2D eigenvalue weighted by Crippen LogP contribution is 2.26. The Labute approximate surface area is 127 Å². The molecule has 0 radical (unpaired) electrons. The Morgan fingerprint density at radius 2 is 1.85 bits per heavy atom. The second-order valence-electron chi connectivity index (χ2n) is 3.65. The quantitative estimate of drug-likeness (QED) is 0.824. The Bertz CT molecular complexity index is 751. The first-order chi connectivity index (χ1) is 9.31. The lowest BCUT2D eigenvalue weighted by molar-refractivity contribution is 0.521. The number of sulfonamides is 1. The van der Waals surface area contributed by atoms with E-state index in [2.05, 4.69) is 20.9 Å². The normalized spacial score (nSPS) is 11.4. The van der Waals surface area contributed by atoms with E-state index in [1.54, 1.807) is 0 Å². The van der Waals surface area contributed by atoms with Crippen molar-refractivity contribution in [3.05, 3.63) is 51.7 Å². The van der Waals surface area contributed by atoms with Gasteiger partial charge in [0.15, 0.2) is 4.90 Å². The summed E-state index contributed by atoms with van der Waals surface area (Å²) >= 11 is 8.73. The Kier molecular flexibility index (Phi) is 4.26. The molecule has 0 saturated heterocycles. The van der Waals surface area contributed by atoms with Crippen molar-refractivity contribution in [2.75, 3.05) is 4.72 Å². The molecule has 2 aromatic rings. The molecule has 1 aromatic carbocycles. The van der Waals surface area contributed by atoms with E-state index in [1.807, 2.05) is 4.72 Å². The molecular formula is C11H6BrClF2N2O2S. The fourth-order valence-electron chi connectivity index (χ4n) is 1.42. The highest BCUT2D eigenvalue weighted by molar-refractivity contribution is 9.10. The second-order valence-corrected chi connectivity index (χ2v) is 6.48. The maximum absolute atomic E-state index is 13.5. The molecule has 0 unspecified atom stereocenters. The van der Waals surface area contributed by atoms with Gasteiger partial charge < -0.3 is 0 Å². The topological polar surface area (TPSA) is 59.1 Å². The minimum atomic E-state index is -4.41. The van der Waals surface area contributed by atoms with Crippen LogP contribution in [-0.4, -0.2) is 13.4 Å². The summed E-state index contributed by atoms with van der Waals surface area (Å²) in [6, 6.07) is 4.11. The van der Waals surface area contributed by atoms with Gasteiger partial charge in [-0.3, -0.25) is 4.72 Å². The van der Waals surface area contributed by atoms with Gasteiger partial charge in [0.05, 0.1) is 16.4 Å². The zero-order valence-electron chi connectivity index (χ0n) is 9.57. The van der Waals surface area contributed by atoms with Crippen molar-refractivity contribution in [2.45, 2.75) is 4.90 Å². The molecule has 4 nitrogen and oxygen atoms in total. The predicted molar refractivity (Wildman–Crippen MR) is 74.1 cm³/mol. The number of hydrogen-bond acceptors (Lipinski definition) is 3. The first-order valence-corrected chi connectivity index (χ1v) is 7.74. The standard InChI is InChI=1S/C11H6BrClF2N2O2S/c12-7-4-6(5-16-11(7)13)17-20(18,19)10-8(14)2-1-3-9(10)15/h1-5,17H. The molecule has 0 fully saturated rings. The predicted octanol–water partition coefficient (Wildman–Crippen LogP) is 3.58. The van der Waals surface area contributed by atoms with Crippen LogP contribution < -0.4 is 4.72 Å². The van der Waals surface area contributed by atoms with Crippen molar-refractivity contribution >= 4 is 43.2 Å². The number of nitrogens with one attached hydrogen (secondary N) is 1. The molecule has 0 spiro atoms. The van der Waals surface area contributed by atoms with Crippen molar-refractivity contribution in [1.29, 1.82) is 0 Å². The monoisotopic (exact) mass is 382 g/mol. The number of pyridine rings is 1. The maximum Gasteiger partial charge on any atom is 0.267 e. The first-order valence-electron chi connectivity index (χ1n) is 5.09. The second kappa shape index (κ2) is 5.63. The van der Waals surface area contributed by atoms with Gasteiger partial charge in [-0.05, 0) is 34.1 Å². The van der Waals surface area contributed by atoms with Gasteiger partial charge >= 0.3 is 0 Å². The molecule has 1 heterocycles. The smallest absolute Gasteiger partial charge is 0.267 e. The van der Waals surface area contributed by atoms with Crippen LogP contribution in [0.2, 0.25) is 5.15 Å². The van der Waals surface area contributed by atoms with Crippen LogP contribution in [0.3, 0.4) is 0 Å². The number of nitrogens with zero attached hydrogens (tertiary/aromatic N) is 1. The number of halogens is 4. The molecule has 1 N–H and O–H groups in total. The van der Waals surface area contributed by atoms with E-state index in [0.29, 0.717) is 4.47 Å². The number of aromatic nitrogens is 1. The largest absolute Gasteiger partial charge is 0.278 e. The Morgan fingerprint density at radius 1 is 1.25 bits per heavy atom. The molecule has 20 heavy (non-hydrogen) atoms. The summed E-state index contributed by atoms with van der Waals surface area (Å²) in [6.07, 6.45) is 1.13. The summed E-state index contributed by atoms with van der Waals surface area (Å²) in [5.74, 6) is -2.36. The van der Waals surface area contributed by atoms with E-state index in [0.717, 1.165) is 24.4 Å². The van der Waals surface area contributed by atoms with E-state index < -0.39 is 26.6 Å². The van der Waals surface area contributed by atoms with Crippen LogP contribution in [0.1, 0.15) is 0 Å². The van der Waals surface area contributed by atoms with E-state index in [9.17, 15) is 17.2 Å². The average molecular weight is 384 g/mol. The third kappa shape index (κ3) is 3.08. The molecule has 0 bridgehead atoms. The molecule has 2 rings (SSSR count). The van der Waals surface area contributed by atoms with E-state index in [4.69, 9.17) is 11.6 Å². The molecule has 0 aliphatic carbocycles. The summed E-state index contributed by atoms with van der Waals surface area (Å²) < 4.78 is 53.3. The molecule has 0 saturated carbocycles. The lowest BCUT2D eigenvalue weighted by atomic mass is 10.3. The van der Waals surface area contributed by atoms with E-state index >= 15 is 0 Å². The molecule has 1 aromatic heterocycles. The van der Waals surface area contributed by atoms with Gasteiger partial charge in [0.2, 0.25) is 0 Å². The number of rotatable bonds is 3. The van der Waals surface area contributed by atoms with Gasteiger partial charge in [-0.15, -0.1) is 0 Å². The van der Waals surface area contributed by atoms with Crippen LogP contribution in [0.5, 0.6) is 0 Å². The van der Waals surface area contributed by atoms with Crippen LogP contribution >= 0.6 is 27.5 Å². The summed E-state index contributed by atoms with van der Waals surface area (Å²) in [5, 5.41) is 0.130. The van der Waals surface area contributed by atoms with Crippen molar-refractivity contribution in [1.82, 2.24) is 4.98 Å².